The van der Waals surface area contributed by atoms with E-state index in [9.17, 15) is 4.79 Å². The van der Waals surface area contributed by atoms with E-state index in [-0.39, 0.29) is 17.2 Å². The molecule has 0 aromatic rings. The van der Waals surface area contributed by atoms with Crippen molar-refractivity contribution in [1.82, 2.24) is 0 Å². The molecule has 0 saturated carbocycles. The van der Waals surface area contributed by atoms with E-state index in [1.54, 1.807) is 0 Å². The number of carbonyl (C=O) groups is 1. The molecule has 0 aromatic heterocycles. The fourth-order valence-corrected chi connectivity index (χ4v) is 0.811. The Labute approximate surface area is 62.7 Å². The smallest absolute Gasteiger partial charge is 0.302 e. The molecule has 0 rings (SSSR count). The van der Waals surface area contributed by atoms with Crippen LogP contribution in [0.25, 0.3) is 0 Å². The van der Waals surface area contributed by atoms with Crippen LogP contribution in [0.3, 0.4) is 0 Å². The molecule has 0 aliphatic heterocycles. The van der Waals surface area contributed by atoms with E-state index in [1.807, 2.05) is 6.92 Å². The Morgan fingerprint density at radius 2 is 2.33 bits per heavy atom. The quantitative estimate of drug-likeness (QED) is 0.512. The first kappa shape index (κ1) is 8.96. The number of aliphatic carboxylic acids is 1. The molecule has 0 radical (unpaired) electrons. The molecule has 2 atom stereocenters. The van der Waals surface area contributed by atoms with Gasteiger partial charge in [0, 0.05) is 6.42 Å². The highest BCUT2D eigenvalue weighted by Gasteiger charge is 2.10. The van der Waals surface area contributed by atoms with Gasteiger partial charge >= 0.3 is 5.97 Å². The highest BCUT2D eigenvalue weighted by Crippen LogP contribution is 2.07. The first-order valence-corrected chi connectivity index (χ1v) is 4.17. The predicted octanol–water partition coefficient (Wildman–Crippen LogP) is -0.770. The molecule has 0 saturated heterocycles. The highest BCUT2D eigenvalue weighted by molar-refractivity contribution is 6.13. The SMILES string of the molecule is CC(N)[CH]([AlH2])CC(=O)O. The molecule has 0 aliphatic carbocycles. The van der Waals surface area contributed by atoms with Gasteiger partial charge in [0.05, 0.1) is 0 Å². The van der Waals surface area contributed by atoms with Crippen molar-refractivity contribution in [3.05, 3.63) is 0 Å². The van der Waals surface area contributed by atoms with Crippen molar-refractivity contribution in [2.75, 3.05) is 0 Å². The number of hydrogen-bond donors (Lipinski definition) is 2. The van der Waals surface area contributed by atoms with Crippen LogP contribution in [0.15, 0.2) is 0 Å². The third-order valence-corrected chi connectivity index (χ3v) is 2.85. The van der Waals surface area contributed by atoms with Gasteiger partial charge in [-0.15, -0.1) is 0 Å². The fraction of sp³-hybridized carbons (Fsp3) is 0.800. The second-order valence-corrected chi connectivity index (χ2v) is 3.92. The molecule has 3 nitrogen and oxygen atoms in total. The summed E-state index contributed by atoms with van der Waals surface area (Å²) in [7, 11) is 0. The van der Waals surface area contributed by atoms with Crippen LogP contribution in [-0.4, -0.2) is 33.4 Å². The maximum absolute atomic E-state index is 10.1. The van der Waals surface area contributed by atoms with Gasteiger partial charge in [0.1, 0.15) is 0 Å². The summed E-state index contributed by atoms with van der Waals surface area (Å²) in [5, 5.41) is 8.30. The van der Waals surface area contributed by atoms with Gasteiger partial charge in [-0.3, -0.25) is 4.79 Å². The first-order valence-electron chi connectivity index (χ1n) is 3.01. The summed E-state index contributed by atoms with van der Waals surface area (Å²) in [5.41, 5.74) is 5.46. The third kappa shape index (κ3) is 4.46. The van der Waals surface area contributed by atoms with Gasteiger partial charge in [-0.2, -0.15) is 0 Å². The number of rotatable bonds is 3. The van der Waals surface area contributed by atoms with Crippen LogP contribution in [-0.2, 0) is 4.79 Å². The molecule has 4 heteroatoms. The average Bonchev–Trinajstić information content (AvgIpc) is 1.63. The summed E-state index contributed by atoms with van der Waals surface area (Å²) in [6.07, 6.45) is 0.226. The average molecular weight is 145 g/mol. The van der Waals surface area contributed by atoms with Crippen LogP contribution in [0.5, 0.6) is 0 Å². The number of nitrogens with two attached hydrogens (primary N) is 1. The van der Waals surface area contributed by atoms with Crippen molar-refractivity contribution in [3.63, 3.8) is 0 Å². The lowest BCUT2D eigenvalue weighted by Gasteiger charge is -2.11. The lowest BCUT2D eigenvalue weighted by atomic mass is 10.2. The minimum atomic E-state index is -0.743. The van der Waals surface area contributed by atoms with Crippen molar-refractivity contribution >= 4 is 22.3 Å². The second-order valence-electron chi connectivity index (χ2n) is 2.43. The molecule has 3 N–H and O–H groups in total. The summed E-state index contributed by atoms with van der Waals surface area (Å²) < 4.78 is 0.211. The Morgan fingerprint density at radius 3 is 2.44 bits per heavy atom. The number of carboxylic acid groups (broad SMARTS) is 1. The van der Waals surface area contributed by atoms with Gasteiger partial charge < -0.3 is 10.8 Å². The number of carboxylic acids is 1. The first-order chi connectivity index (χ1) is 4.04. The summed E-state index contributed by atoms with van der Waals surface area (Å²) >= 11 is 0.866. The Balaban J connectivity index is 3.50. The maximum atomic E-state index is 10.1. The summed E-state index contributed by atoms with van der Waals surface area (Å²) in [5.74, 6) is -0.743. The molecule has 2 unspecified atom stereocenters. The zero-order valence-corrected chi connectivity index (χ0v) is 7.79. The van der Waals surface area contributed by atoms with Crippen LogP contribution in [0.1, 0.15) is 13.3 Å². The zero-order chi connectivity index (χ0) is 7.44. The van der Waals surface area contributed by atoms with E-state index >= 15 is 0 Å². The van der Waals surface area contributed by atoms with Crippen LogP contribution in [0.4, 0.5) is 0 Å². The largest absolute Gasteiger partial charge is 0.481 e. The van der Waals surface area contributed by atoms with Crippen molar-refractivity contribution in [2.45, 2.75) is 24.2 Å². The third-order valence-electron chi connectivity index (χ3n) is 1.39. The Morgan fingerprint density at radius 1 is 1.89 bits per heavy atom. The van der Waals surface area contributed by atoms with E-state index < -0.39 is 5.97 Å². The maximum Gasteiger partial charge on any atom is 0.302 e. The van der Waals surface area contributed by atoms with Gasteiger partial charge in [0.25, 0.3) is 0 Å². The van der Waals surface area contributed by atoms with Crippen molar-refractivity contribution in [2.24, 2.45) is 5.73 Å². The van der Waals surface area contributed by atoms with Gasteiger partial charge in [-0.25, -0.2) is 0 Å². The second kappa shape index (κ2) is 3.89. The predicted molar refractivity (Wildman–Crippen MR) is 38.2 cm³/mol. The number of hydrogen-bond acceptors (Lipinski definition) is 2. The molecule has 0 aliphatic rings. The van der Waals surface area contributed by atoms with Crippen molar-refractivity contribution < 1.29 is 9.90 Å². The van der Waals surface area contributed by atoms with Crippen LogP contribution >= 0.6 is 0 Å². The Kier molecular flexibility index (Phi) is 3.87. The molecule has 0 amide bonds. The molecule has 9 heavy (non-hydrogen) atoms. The van der Waals surface area contributed by atoms with Gasteiger partial charge in [-0.05, 0) is 6.04 Å². The van der Waals surface area contributed by atoms with Gasteiger partial charge in [0.15, 0.2) is 0 Å². The summed E-state index contributed by atoms with van der Waals surface area (Å²) in [6.45, 7) is 1.85. The van der Waals surface area contributed by atoms with E-state index in [0.717, 1.165) is 16.3 Å². The lowest BCUT2D eigenvalue weighted by Crippen LogP contribution is -2.24. The Hall–Kier alpha value is -0.0375. The molecule has 0 heterocycles. The minimum Gasteiger partial charge on any atom is -0.481 e. The molecular weight excluding hydrogens is 133 g/mol. The Bertz CT molecular complexity index is 105. The molecular formula is C5H12AlNO2. The molecule has 0 aromatic carbocycles. The highest BCUT2D eigenvalue weighted by atomic mass is 27.0. The van der Waals surface area contributed by atoms with Crippen LogP contribution in [0, 0.1) is 0 Å². The zero-order valence-electron chi connectivity index (χ0n) is 5.79. The van der Waals surface area contributed by atoms with Crippen LogP contribution < -0.4 is 5.73 Å². The normalized spacial score (nSPS) is 16.7. The summed E-state index contributed by atoms with van der Waals surface area (Å²) in [6, 6.07) is 0.0350. The van der Waals surface area contributed by atoms with E-state index in [4.69, 9.17) is 10.8 Å². The molecule has 0 bridgehead atoms. The van der Waals surface area contributed by atoms with Crippen LogP contribution in [0.2, 0.25) is 4.78 Å². The van der Waals surface area contributed by atoms with Gasteiger partial charge in [0.2, 0.25) is 16.3 Å². The van der Waals surface area contributed by atoms with E-state index in [1.165, 1.54) is 0 Å². The van der Waals surface area contributed by atoms with E-state index in [2.05, 4.69) is 0 Å². The molecule has 52 valence electrons. The van der Waals surface area contributed by atoms with Crippen molar-refractivity contribution in [3.8, 4) is 0 Å². The summed E-state index contributed by atoms with van der Waals surface area (Å²) in [4.78, 5) is 10.1. The van der Waals surface area contributed by atoms with Gasteiger partial charge in [-0.1, -0.05) is 11.7 Å². The van der Waals surface area contributed by atoms with Crippen molar-refractivity contribution in [1.29, 1.82) is 0 Å². The standard InChI is InChI=1S/C5H10NO2.Al.2H/c1-4(6)2-3-5(7)8;;;/h2,4H,3,6H2,1H3,(H,7,8);;;. The fourth-order valence-electron chi connectivity index (χ4n) is 0.461. The minimum absolute atomic E-state index is 0.0350. The monoisotopic (exact) mass is 145 g/mol. The molecule has 0 fully saturated rings. The topological polar surface area (TPSA) is 63.3 Å². The molecule has 0 spiro atoms. The lowest BCUT2D eigenvalue weighted by molar-refractivity contribution is -0.137. The van der Waals surface area contributed by atoms with E-state index in [0.29, 0.717) is 0 Å².